The van der Waals surface area contributed by atoms with Gasteiger partial charge in [0, 0.05) is 23.7 Å². The summed E-state index contributed by atoms with van der Waals surface area (Å²) in [6, 6.07) is 1.77. The topological polar surface area (TPSA) is 24.1 Å². The van der Waals surface area contributed by atoms with E-state index in [1.54, 1.807) is 0 Å². The molecule has 2 N–H and O–H groups in total. The summed E-state index contributed by atoms with van der Waals surface area (Å²) in [6.45, 7) is 12.9. The number of hydrogen-bond donors (Lipinski definition) is 2. The number of rotatable bonds is 5. The maximum atomic E-state index is 4.23. The Morgan fingerprint density at radius 3 is 2.05 bits per heavy atom. The van der Waals surface area contributed by atoms with Crippen LogP contribution in [0, 0.1) is 64.1 Å². The first-order valence-electron chi connectivity index (χ1n) is 18.1. The minimum atomic E-state index is 0.346. The lowest BCUT2D eigenvalue weighted by Gasteiger charge is -2.41. The Hall–Kier alpha value is -1.38. The molecule has 0 aromatic heterocycles. The lowest BCUT2D eigenvalue weighted by Crippen LogP contribution is -2.47. The van der Waals surface area contributed by atoms with E-state index in [1.807, 2.05) is 5.57 Å². The van der Waals surface area contributed by atoms with Crippen molar-refractivity contribution in [3.63, 3.8) is 0 Å². The molecule has 2 nitrogen and oxygen atoms in total. The van der Waals surface area contributed by atoms with Crippen LogP contribution in [0.25, 0.3) is 0 Å². The van der Waals surface area contributed by atoms with Crippen LogP contribution in [0.3, 0.4) is 0 Å². The van der Waals surface area contributed by atoms with Gasteiger partial charge in [0.2, 0.25) is 0 Å². The van der Waals surface area contributed by atoms with E-state index in [0.717, 1.165) is 53.3 Å². The van der Waals surface area contributed by atoms with Crippen LogP contribution in [0.5, 0.6) is 0 Å². The van der Waals surface area contributed by atoms with E-state index in [1.165, 1.54) is 64.2 Å². The van der Waals surface area contributed by atoms with Gasteiger partial charge in [0.15, 0.2) is 0 Å². The van der Waals surface area contributed by atoms with Crippen LogP contribution in [0.4, 0.5) is 0 Å². The first-order valence-corrected chi connectivity index (χ1v) is 18.1. The largest absolute Gasteiger partial charge is 0.307 e. The molecule has 0 radical (unpaired) electrons. The zero-order valence-corrected chi connectivity index (χ0v) is 27.2. The van der Waals surface area contributed by atoms with Crippen molar-refractivity contribution in [3.05, 3.63) is 60.3 Å². The number of allylic oxidation sites excluding steroid dienone is 7. The van der Waals surface area contributed by atoms with Crippen LogP contribution in [0.1, 0.15) is 98.8 Å². The van der Waals surface area contributed by atoms with E-state index in [2.05, 4.69) is 99.9 Å². The molecule has 0 heterocycles. The number of fused-ring (bicyclic) bond motifs is 6. The van der Waals surface area contributed by atoms with Crippen LogP contribution in [-0.2, 0) is 0 Å². The molecule has 13 unspecified atom stereocenters. The Kier molecular flexibility index (Phi) is 6.74. The molecule has 0 aliphatic heterocycles. The predicted molar refractivity (Wildman–Crippen MR) is 176 cm³/mol. The van der Waals surface area contributed by atoms with E-state index in [9.17, 15) is 0 Å². The summed E-state index contributed by atoms with van der Waals surface area (Å²) in [4.78, 5) is 0. The molecule has 0 saturated heterocycles. The predicted octanol–water partition coefficient (Wildman–Crippen LogP) is 8.79. The highest BCUT2D eigenvalue weighted by molar-refractivity contribution is 5.31. The highest BCUT2D eigenvalue weighted by Gasteiger charge is 2.76. The van der Waals surface area contributed by atoms with Gasteiger partial charge in [-0.05, 0) is 135 Å². The molecule has 0 aromatic rings. The molecule has 0 aromatic carbocycles. The Bertz CT molecular complexity index is 1210. The van der Waals surface area contributed by atoms with Crippen molar-refractivity contribution in [2.75, 3.05) is 0 Å². The van der Waals surface area contributed by atoms with Gasteiger partial charge in [0.05, 0.1) is 0 Å². The van der Waals surface area contributed by atoms with Gasteiger partial charge >= 0.3 is 0 Å². The first-order chi connectivity index (χ1) is 20.2. The fraction of sp³-hybridized carbons (Fsp3) is 0.750. The minimum absolute atomic E-state index is 0.346. The molecule has 0 bridgehead atoms. The van der Waals surface area contributed by atoms with Gasteiger partial charge < -0.3 is 10.6 Å². The number of nitrogens with one attached hydrogen (secondary N) is 2. The molecular formula is C40H58N2. The molecule has 2 heteroatoms. The Balaban J connectivity index is 0.845. The zero-order chi connectivity index (χ0) is 28.9. The monoisotopic (exact) mass is 566 g/mol. The second-order valence-corrected chi connectivity index (χ2v) is 17.5. The normalized spacial score (nSPS) is 50.9. The van der Waals surface area contributed by atoms with Crippen LogP contribution < -0.4 is 10.6 Å². The van der Waals surface area contributed by atoms with Crippen LogP contribution in [0.15, 0.2) is 60.3 Å². The summed E-state index contributed by atoms with van der Waals surface area (Å²) in [6.07, 6.45) is 35.9. The van der Waals surface area contributed by atoms with E-state index in [4.69, 9.17) is 0 Å². The van der Waals surface area contributed by atoms with Crippen molar-refractivity contribution >= 4 is 0 Å². The minimum Gasteiger partial charge on any atom is -0.307 e. The van der Waals surface area contributed by atoms with Gasteiger partial charge in [-0.25, -0.2) is 0 Å². The van der Waals surface area contributed by atoms with Gasteiger partial charge in [-0.3, -0.25) is 0 Å². The summed E-state index contributed by atoms with van der Waals surface area (Å²) >= 11 is 0. The highest BCUT2D eigenvalue weighted by atomic mass is 15.1. The van der Waals surface area contributed by atoms with Gasteiger partial charge in [0.1, 0.15) is 0 Å². The van der Waals surface area contributed by atoms with E-state index >= 15 is 0 Å². The lowest BCUT2D eigenvalue weighted by atomic mass is 9.67. The molecule has 0 amide bonds. The fourth-order valence-electron chi connectivity index (χ4n) is 12.8. The highest BCUT2D eigenvalue weighted by Crippen LogP contribution is 2.74. The van der Waals surface area contributed by atoms with Gasteiger partial charge in [-0.15, -0.1) is 0 Å². The first kappa shape index (κ1) is 28.1. The average Bonchev–Trinajstić information content (AvgIpc) is 3.44. The quantitative estimate of drug-likeness (QED) is 0.325. The molecule has 3 fully saturated rings. The molecule has 42 heavy (non-hydrogen) atoms. The maximum absolute atomic E-state index is 4.23. The number of hydrogen-bond acceptors (Lipinski definition) is 2. The molecule has 8 aliphatic carbocycles. The molecule has 3 saturated carbocycles. The van der Waals surface area contributed by atoms with E-state index < -0.39 is 0 Å². The summed E-state index contributed by atoms with van der Waals surface area (Å²) in [7, 11) is 0. The van der Waals surface area contributed by atoms with E-state index in [0.29, 0.717) is 34.5 Å². The van der Waals surface area contributed by atoms with Crippen molar-refractivity contribution in [1.82, 2.24) is 10.6 Å². The molecular weight excluding hydrogens is 508 g/mol. The van der Waals surface area contributed by atoms with Crippen molar-refractivity contribution < 1.29 is 0 Å². The molecule has 8 aliphatic rings. The second kappa shape index (κ2) is 10.1. The maximum Gasteiger partial charge on any atom is 0.0255 e. The van der Waals surface area contributed by atoms with E-state index in [-0.39, 0.29) is 0 Å². The third-order valence-electron chi connectivity index (χ3n) is 14.9. The van der Waals surface area contributed by atoms with Gasteiger partial charge in [-0.1, -0.05) is 88.0 Å². The molecule has 8 rings (SSSR count). The average molecular weight is 567 g/mol. The van der Waals surface area contributed by atoms with Crippen LogP contribution >= 0.6 is 0 Å². The Morgan fingerprint density at radius 1 is 0.667 bits per heavy atom. The summed E-state index contributed by atoms with van der Waals surface area (Å²) in [5.74, 6) is 7.45. The molecule has 0 spiro atoms. The summed E-state index contributed by atoms with van der Waals surface area (Å²) in [5.41, 5.74) is 3.08. The summed E-state index contributed by atoms with van der Waals surface area (Å²) < 4.78 is 0. The van der Waals surface area contributed by atoms with Crippen molar-refractivity contribution in [2.45, 2.75) is 122 Å². The summed E-state index contributed by atoms with van der Waals surface area (Å²) in [5, 5.41) is 8.35. The van der Waals surface area contributed by atoms with Crippen molar-refractivity contribution in [3.8, 4) is 0 Å². The SMILES string of the molecule is CC1(C)C2CC(NC3C=CC(C4C=CC(NC5(C)C6C7CC=CCC7C(C)(C)C65)CC4)CC3)CC=C2C2CC=CCC21. The Morgan fingerprint density at radius 2 is 1.33 bits per heavy atom. The Labute approximate surface area is 257 Å². The van der Waals surface area contributed by atoms with Crippen LogP contribution in [0.2, 0.25) is 0 Å². The van der Waals surface area contributed by atoms with Crippen molar-refractivity contribution in [2.24, 2.45) is 64.1 Å². The molecule has 13 atom stereocenters. The van der Waals surface area contributed by atoms with Crippen LogP contribution in [-0.4, -0.2) is 23.7 Å². The lowest BCUT2D eigenvalue weighted by molar-refractivity contribution is 0.124. The standard InChI is InChI=1S/C40H58N2/c1-38(2)33-12-8-6-10-30(33)31-23-22-29(24-35(31)38)41-27-18-14-25(15-19-27)26-16-20-28(21-17-26)42-40(5)36-32-11-7-9-13-34(32)39(3,4)37(36)40/h6-9,14,16,18,20,23,25-30,32-37,41-42H,10-13,15,17,19,21-22,24H2,1-5H3. The smallest absolute Gasteiger partial charge is 0.0255 e. The molecule has 228 valence electrons. The third kappa shape index (κ3) is 4.31. The van der Waals surface area contributed by atoms with Gasteiger partial charge in [0.25, 0.3) is 0 Å². The second-order valence-electron chi connectivity index (χ2n) is 17.5. The zero-order valence-electron chi connectivity index (χ0n) is 27.2. The van der Waals surface area contributed by atoms with Gasteiger partial charge in [-0.2, -0.15) is 0 Å². The third-order valence-corrected chi connectivity index (χ3v) is 14.9. The van der Waals surface area contributed by atoms with Crippen molar-refractivity contribution in [1.29, 1.82) is 0 Å². The fourth-order valence-corrected chi connectivity index (χ4v) is 12.8.